The smallest absolute Gasteiger partial charge is 0.255 e. The van der Waals surface area contributed by atoms with Gasteiger partial charge in [0.15, 0.2) is 0 Å². The Kier molecular flexibility index (Phi) is 4.46. The van der Waals surface area contributed by atoms with Crippen molar-refractivity contribution in [3.8, 4) is 0 Å². The highest BCUT2D eigenvalue weighted by atomic mass is 79.9. The average Bonchev–Trinajstić information content (AvgIpc) is 2.46. The van der Waals surface area contributed by atoms with E-state index in [1.807, 2.05) is 18.2 Å². The lowest BCUT2D eigenvalue weighted by molar-refractivity contribution is 0.0951. The van der Waals surface area contributed by atoms with Crippen LogP contribution >= 0.6 is 15.9 Å². The number of rotatable bonds is 4. The van der Waals surface area contributed by atoms with E-state index in [-0.39, 0.29) is 5.91 Å². The van der Waals surface area contributed by atoms with Gasteiger partial charge in [-0.05, 0) is 34.1 Å². The van der Waals surface area contributed by atoms with Crippen LogP contribution in [0.4, 0.5) is 5.82 Å². The van der Waals surface area contributed by atoms with Gasteiger partial charge in [-0.25, -0.2) is 4.98 Å². The Bertz CT molecular complexity index is 574. The normalized spacial score (nSPS) is 10.0. The first-order chi connectivity index (χ1) is 9.20. The number of halogens is 1. The summed E-state index contributed by atoms with van der Waals surface area (Å²) in [7, 11) is 1.73. The standard InChI is InChI=1S/C13H13BrN4O/c1-15-12-11(6-9(14)7-17-12)13(19)18-8-10-4-2-3-5-16-10/h2-7H,8H2,1H3,(H,15,17)(H,18,19). The minimum atomic E-state index is -0.191. The van der Waals surface area contributed by atoms with E-state index in [1.54, 1.807) is 25.5 Å². The van der Waals surface area contributed by atoms with Crippen molar-refractivity contribution in [1.82, 2.24) is 15.3 Å². The summed E-state index contributed by atoms with van der Waals surface area (Å²) in [5.74, 6) is 0.352. The molecular formula is C13H13BrN4O. The van der Waals surface area contributed by atoms with E-state index in [4.69, 9.17) is 0 Å². The fourth-order valence-electron chi connectivity index (χ4n) is 1.58. The minimum absolute atomic E-state index is 0.191. The van der Waals surface area contributed by atoms with Gasteiger partial charge in [0.25, 0.3) is 5.91 Å². The van der Waals surface area contributed by atoms with Crippen LogP contribution in [-0.4, -0.2) is 22.9 Å². The third kappa shape index (κ3) is 3.51. The van der Waals surface area contributed by atoms with Crippen molar-refractivity contribution in [3.63, 3.8) is 0 Å². The molecule has 0 aliphatic rings. The predicted molar refractivity (Wildman–Crippen MR) is 76.9 cm³/mol. The van der Waals surface area contributed by atoms with Crippen LogP contribution in [-0.2, 0) is 6.54 Å². The molecule has 0 spiro atoms. The number of nitrogens with one attached hydrogen (secondary N) is 2. The molecule has 2 heterocycles. The fourth-order valence-corrected chi connectivity index (χ4v) is 1.91. The largest absolute Gasteiger partial charge is 0.372 e. The quantitative estimate of drug-likeness (QED) is 0.906. The van der Waals surface area contributed by atoms with E-state index in [0.717, 1.165) is 10.2 Å². The molecule has 6 heteroatoms. The molecule has 0 aromatic carbocycles. The Morgan fingerprint density at radius 1 is 1.37 bits per heavy atom. The molecule has 5 nitrogen and oxygen atoms in total. The summed E-state index contributed by atoms with van der Waals surface area (Å²) in [6.07, 6.45) is 3.34. The molecule has 98 valence electrons. The maximum Gasteiger partial charge on any atom is 0.255 e. The number of nitrogens with zero attached hydrogens (tertiary/aromatic N) is 2. The molecule has 0 aliphatic carbocycles. The maximum atomic E-state index is 12.1. The second-order valence-electron chi connectivity index (χ2n) is 3.80. The maximum absolute atomic E-state index is 12.1. The lowest BCUT2D eigenvalue weighted by Gasteiger charge is -2.09. The van der Waals surface area contributed by atoms with Crippen molar-refractivity contribution < 1.29 is 4.79 Å². The van der Waals surface area contributed by atoms with Gasteiger partial charge in [0.2, 0.25) is 0 Å². The van der Waals surface area contributed by atoms with E-state index < -0.39 is 0 Å². The van der Waals surface area contributed by atoms with E-state index in [1.165, 1.54) is 0 Å². The highest BCUT2D eigenvalue weighted by molar-refractivity contribution is 9.10. The molecule has 2 aromatic rings. The summed E-state index contributed by atoms with van der Waals surface area (Å²) in [6, 6.07) is 7.31. The molecule has 2 rings (SSSR count). The number of carbonyl (C=O) groups is 1. The first-order valence-corrected chi connectivity index (χ1v) is 6.51. The zero-order valence-electron chi connectivity index (χ0n) is 10.4. The van der Waals surface area contributed by atoms with Crippen LogP contribution in [0.1, 0.15) is 16.1 Å². The Morgan fingerprint density at radius 3 is 2.89 bits per heavy atom. The van der Waals surface area contributed by atoms with E-state index >= 15 is 0 Å². The van der Waals surface area contributed by atoms with Crippen LogP contribution < -0.4 is 10.6 Å². The van der Waals surface area contributed by atoms with Crippen LogP contribution in [0.15, 0.2) is 41.1 Å². The molecule has 19 heavy (non-hydrogen) atoms. The molecule has 0 saturated heterocycles. The molecule has 2 N–H and O–H groups in total. The van der Waals surface area contributed by atoms with Gasteiger partial charge in [-0.3, -0.25) is 9.78 Å². The first kappa shape index (κ1) is 13.5. The molecule has 0 aliphatic heterocycles. The molecular weight excluding hydrogens is 308 g/mol. The van der Waals surface area contributed by atoms with Crippen molar-refractivity contribution in [2.24, 2.45) is 0 Å². The van der Waals surface area contributed by atoms with Crippen LogP contribution in [0.25, 0.3) is 0 Å². The number of hydrogen-bond donors (Lipinski definition) is 2. The molecule has 1 amide bonds. The van der Waals surface area contributed by atoms with Gasteiger partial charge in [-0.2, -0.15) is 0 Å². The van der Waals surface area contributed by atoms with Crippen LogP contribution in [0.5, 0.6) is 0 Å². The van der Waals surface area contributed by atoms with Crippen LogP contribution in [0, 0.1) is 0 Å². The summed E-state index contributed by atoms with van der Waals surface area (Å²) in [5.41, 5.74) is 1.30. The Morgan fingerprint density at radius 2 is 2.21 bits per heavy atom. The summed E-state index contributed by atoms with van der Waals surface area (Å²) < 4.78 is 0.759. The molecule has 0 bridgehead atoms. The van der Waals surface area contributed by atoms with Crippen LogP contribution in [0.2, 0.25) is 0 Å². The van der Waals surface area contributed by atoms with Gasteiger partial charge >= 0.3 is 0 Å². The van der Waals surface area contributed by atoms with Crippen molar-refractivity contribution in [2.75, 3.05) is 12.4 Å². The first-order valence-electron chi connectivity index (χ1n) is 5.72. The molecule has 0 unspecified atom stereocenters. The Labute approximate surface area is 119 Å². The number of carbonyl (C=O) groups excluding carboxylic acids is 1. The molecule has 0 atom stereocenters. The van der Waals surface area contributed by atoms with Gasteiger partial charge in [0.1, 0.15) is 5.82 Å². The Hall–Kier alpha value is -1.95. The Balaban J connectivity index is 2.10. The van der Waals surface area contributed by atoms with E-state index in [9.17, 15) is 4.79 Å². The van der Waals surface area contributed by atoms with E-state index in [0.29, 0.717) is 17.9 Å². The predicted octanol–water partition coefficient (Wildman–Crippen LogP) is 2.21. The molecule has 0 fully saturated rings. The minimum Gasteiger partial charge on any atom is -0.372 e. The highest BCUT2D eigenvalue weighted by Gasteiger charge is 2.12. The lowest BCUT2D eigenvalue weighted by Crippen LogP contribution is -2.24. The van der Waals surface area contributed by atoms with Crippen molar-refractivity contribution in [3.05, 3.63) is 52.4 Å². The summed E-state index contributed by atoms with van der Waals surface area (Å²) in [6.45, 7) is 0.384. The molecule has 0 saturated carbocycles. The second kappa shape index (κ2) is 6.29. The summed E-state index contributed by atoms with van der Waals surface area (Å²) in [4.78, 5) is 20.4. The van der Waals surface area contributed by atoms with Gasteiger partial charge in [0, 0.05) is 23.9 Å². The number of aromatic nitrogens is 2. The number of hydrogen-bond acceptors (Lipinski definition) is 4. The number of anilines is 1. The highest BCUT2D eigenvalue weighted by Crippen LogP contribution is 2.17. The third-order valence-electron chi connectivity index (χ3n) is 2.49. The molecule has 0 radical (unpaired) electrons. The number of amides is 1. The van der Waals surface area contributed by atoms with E-state index in [2.05, 4.69) is 36.5 Å². The third-order valence-corrected chi connectivity index (χ3v) is 2.93. The second-order valence-corrected chi connectivity index (χ2v) is 4.72. The summed E-state index contributed by atoms with van der Waals surface area (Å²) >= 11 is 3.31. The zero-order valence-corrected chi connectivity index (χ0v) is 11.9. The van der Waals surface area contributed by atoms with Crippen LogP contribution in [0.3, 0.4) is 0 Å². The molecule has 2 aromatic heterocycles. The van der Waals surface area contributed by atoms with Gasteiger partial charge in [-0.1, -0.05) is 6.07 Å². The topological polar surface area (TPSA) is 66.9 Å². The van der Waals surface area contributed by atoms with Gasteiger partial charge in [-0.15, -0.1) is 0 Å². The number of pyridine rings is 2. The summed E-state index contributed by atoms with van der Waals surface area (Å²) in [5, 5.41) is 5.71. The SMILES string of the molecule is CNc1ncc(Br)cc1C(=O)NCc1ccccn1. The fraction of sp³-hybridized carbons (Fsp3) is 0.154. The van der Waals surface area contributed by atoms with Crippen molar-refractivity contribution in [2.45, 2.75) is 6.54 Å². The average molecular weight is 321 g/mol. The van der Waals surface area contributed by atoms with Gasteiger partial charge < -0.3 is 10.6 Å². The van der Waals surface area contributed by atoms with Crippen molar-refractivity contribution >= 4 is 27.7 Å². The van der Waals surface area contributed by atoms with Gasteiger partial charge in [0.05, 0.1) is 17.8 Å². The van der Waals surface area contributed by atoms with Crippen molar-refractivity contribution in [1.29, 1.82) is 0 Å². The lowest BCUT2D eigenvalue weighted by atomic mass is 10.2. The zero-order chi connectivity index (χ0) is 13.7. The monoisotopic (exact) mass is 320 g/mol.